The number of hydrogen-bond acceptors (Lipinski definition) is 8. The number of hydrogen-bond donors (Lipinski definition) is 1. The molecule has 0 bridgehead atoms. The van der Waals surface area contributed by atoms with Crippen molar-refractivity contribution in [2.75, 3.05) is 23.9 Å². The fourth-order valence-electron chi connectivity index (χ4n) is 5.04. The van der Waals surface area contributed by atoms with E-state index >= 15 is 4.39 Å². The normalized spacial score (nSPS) is 17.1. The molecular weight excluding hydrogens is 644 g/mol. The van der Waals surface area contributed by atoms with E-state index in [0.29, 0.717) is 51.0 Å². The van der Waals surface area contributed by atoms with Gasteiger partial charge in [-0.15, -0.1) is 0 Å². The number of halogens is 3. The van der Waals surface area contributed by atoms with Gasteiger partial charge in [-0.1, -0.05) is 19.1 Å². The predicted molar refractivity (Wildman–Crippen MR) is 164 cm³/mol. The zero-order chi connectivity index (χ0) is 30.6. The van der Waals surface area contributed by atoms with Gasteiger partial charge in [-0.25, -0.2) is 27.2 Å². The summed E-state index contributed by atoms with van der Waals surface area (Å²) in [6.07, 6.45) is 5.98. The summed E-state index contributed by atoms with van der Waals surface area (Å²) < 4.78 is 71.1. The molecule has 0 amide bonds. The molecule has 8 nitrogen and oxygen atoms in total. The molecule has 0 radical (unpaired) electrons. The summed E-state index contributed by atoms with van der Waals surface area (Å²) in [5.41, 5.74) is 0.840. The van der Waals surface area contributed by atoms with Crippen LogP contribution in [0, 0.1) is 11.6 Å². The molecule has 1 N–H and O–H groups in total. The highest BCUT2D eigenvalue weighted by Gasteiger charge is 2.45. The topological polar surface area (TPSA) is 99.6 Å². The number of ether oxygens (including phenoxy) is 3. The van der Waals surface area contributed by atoms with E-state index in [-0.39, 0.29) is 30.3 Å². The van der Waals surface area contributed by atoms with Crippen LogP contribution in [0.5, 0.6) is 5.75 Å². The molecule has 0 aliphatic carbocycles. The van der Waals surface area contributed by atoms with E-state index in [1.807, 2.05) is 13.0 Å². The molecule has 5 rings (SSSR count). The van der Waals surface area contributed by atoms with E-state index in [1.165, 1.54) is 30.8 Å². The van der Waals surface area contributed by atoms with E-state index in [1.54, 1.807) is 36.4 Å². The monoisotopic (exact) mass is 673 g/mol. The lowest BCUT2D eigenvalue weighted by Crippen LogP contribution is -2.42. The van der Waals surface area contributed by atoms with Gasteiger partial charge in [0.05, 0.1) is 28.6 Å². The number of anilines is 2. The molecule has 1 aliphatic heterocycles. The lowest BCUT2D eigenvalue weighted by atomic mass is 9.83. The Morgan fingerprint density at radius 3 is 2.67 bits per heavy atom. The second-order valence-corrected chi connectivity index (χ2v) is 13.4. The number of nitrogens with one attached hydrogen (secondary N) is 1. The molecule has 2 unspecified atom stereocenters. The molecular formula is C31H30BrF2N3O5S. The molecule has 2 atom stereocenters. The molecule has 1 aliphatic rings. The van der Waals surface area contributed by atoms with Crippen molar-refractivity contribution in [2.24, 2.45) is 0 Å². The first-order valence-electron chi connectivity index (χ1n) is 13.6. The van der Waals surface area contributed by atoms with E-state index < -0.39 is 27.4 Å². The number of aromatic nitrogens is 2. The van der Waals surface area contributed by atoms with Gasteiger partial charge in [-0.2, -0.15) is 0 Å². The number of rotatable bonds is 12. The van der Waals surface area contributed by atoms with Gasteiger partial charge in [0, 0.05) is 35.4 Å². The van der Waals surface area contributed by atoms with Gasteiger partial charge >= 0.3 is 0 Å². The van der Waals surface area contributed by atoms with Gasteiger partial charge in [0.2, 0.25) is 0 Å². The van der Waals surface area contributed by atoms with Crippen LogP contribution in [0.2, 0.25) is 0 Å². The predicted octanol–water partition coefficient (Wildman–Crippen LogP) is 6.96. The molecule has 0 saturated carbocycles. The summed E-state index contributed by atoms with van der Waals surface area (Å²) in [7, 11) is -3.24. The molecule has 12 heteroatoms. The quantitative estimate of drug-likeness (QED) is 0.172. The van der Waals surface area contributed by atoms with Crippen molar-refractivity contribution in [1.29, 1.82) is 0 Å². The molecule has 0 saturated heterocycles. The Balaban J connectivity index is 1.42. The van der Waals surface area contributed by atoms with E-state index in [4.69, 9.17) is 14.2 Å². The van der Waals surface area contributed by atoms with Gasteiger partial charge in [0.25, 0.3) is 0 Å². The molecule has 2 heterocycles. The molecule has 0 fully saturated rings. The minimum Gasteiger partial charge on any atom is -0.488 e. The van der Waals surface area contributed by atoms with E-state index in [9.17, 15) is 12.8 Å². The average Bonchev–Trinajstić information content (AvgIpc) is 3.45. The number of fused-ring (bicyclic) bond motifs is 1. The Morgan fingerprint density at radius 1 is 1.14 bits per heavy atom. The zero-order valence-electron chi connectivity index (χ0n) is 23.5. The second-order valence-electron chi connectivity index (χ2n) is 10.2. The van der Waals surface area contributed by atoms with Gasteiger partial charge in [-0.05, 0) is 70.4 Å². The van der Waals surface area contributed by atoms with Crippen molar-refractivity contribution in [3.63, 3.8) is 0 Å². The summed E-state index contributed by atoms with van der Waals surface area (Å²) in [6, 6.07) is 14.6. The first-order valence-corrected chi connectivity index (χ1v) is 16.4. The van der Waals surface area contributed by atoms with E-state index in [0.717, 1.165) is 6.26 Å². The van der Waals surface area contributed by atoms with Crippen LogP contribution in [-0.4, -0.2) is 43.1 Å². The smallest absolute Gasteiger partial charge is 0.165 e. The zero-order valence-corrected chi connectivity index (χ0v) is 25.9. The van der Waals surface area contributed by atoms with Crippen molar-refractivity contribution in [1.82, 2.24) is 9.97 Å². The Labute approximate surface area is 257 Å². The highest BCUT2D eigenvalue weighted by Crippen LogP contribution is 2.43. The van der Waals surface area contributed by atoms with Gasteiger partial charge in [0.1, 0.15) is 52.1 Å². The van der Waals surface area contributed by atoms with Crippen molar-refractivity contribution in [3.8, 4) is 5.75 Å². The lowest BCUT2D eigenvalue weighted by Gasteiger charge is -2.37. The van der Waals surface area contributed by atoms with Gasteiger partial charge < -0.3 is 19.5 Å². The minimum atomic E-state index is -3.24. The van der Waals surface area contributed by atoms with Crippen molar-refractivity contribution < 1.29 is 31.4 Å². The first-order chi connectivity index (χ1) is 20.6. The van der Waals surface area contributed by atoms with Crippen molar-refractivity contribution in [3.05, 3.63) is 100 Å². The molecule has 1 aromatic heterocycles. The van der Waals surface area contributed by atoms with Crippen LogP contribution in [0.4, 0.5) is 20.3 Å². The van der Waals surface area contributed by atoms with Gasteiger partial charge in [0.15, 0.2) is 5.60 Å². The Bertz CT molecular complexity index is 1760. The SMILES string of the molecule is CCC(OCCS(C)(=O)=O)C1(c2cc3c(Nc4ccc(OCc5cccc(F)c5)c(Br)c4)ncnc3cc2F)CC=CO1. The molecule has 0 spiro atoms. The molecule has 43 heavy (non-hydrogen) atoms. The van der Waals surface area contributed by atoms with Crippen LogP contribution >= 0.6 is 15.9 Å². The largest absolute Gasteiger partial charge is 0.488 e. The first kappa shape index (κ1) is 30.8. The van der Waals surface area contributed by atoms with Crippen LogP contribution in [0.25, 0.3) is 10.9 Å². The van der Waals surface area contributed by atoms with Crippen LogP contribution in [-0.2, 0) is 31.5 Å². The van der Waals surface area contributed by atoms with Gasteiger partial charge in [-0.3, -0.25) is 0 Å². The third-order valence-electron chi connectivity index (χ3n) is 7.12. The van der Waals surface area contributed by atoms with Crippen molar-refractivity contribution in [2.45, 2.75) is 38.1 Å². The summed E-state index contributed by atoms with van der Waals surface area (Å²) in [5.74, 6) is 0.0127. The highest BCUT2D eigenvalue weighted by atomic mass is 79.9. The molecule has 3 aromatic carbocycles. The third kappa shape index (κ3) is 7.14. The second kappa shape index (κ2) is 12.9. The summed E-state index contributed by atoms with van der Waals surface area (Å²) in [5, 5.41) is 3.83. The fraction of sp³-hybridized carbons (Fsp3) is 0.290. The Morgan fingerprint density at radius 2 is 1.98 bits per heavy atom. The van der Waals surface area contributed by atoms with Crippen LogP contribution in [0.1, 0.15) is 30.9 Å². The summed E-state index contributed by atoms with van der Waals surface area (Å²) >= 11 is 3.53. The third-order valence-corrected chi connectivity index (χ3v) is 8.65. The maximum absolute atomic E-state index is 15.7. The van der Waals surface area contributed by atoms with Crippen LogP contribution < -0.4 is 10.1 Å². The maximum Gasteiger partial charge on any atom is 0.165 e. The van der Waals surface area contributed by atoms with Crippen molar-refractivity contribution >= 4 is 48.2 Å². The standard InChI is InChI=1S/C31H30BrF2N3O5S/c1-3-29(40-12-13-43(2,38)39)31(10-5-11-42-31)24-16-23-27(17-26(24)34)35-19-36-30(23)37-22-8-9-28(25(32)15-22)41-18-20-6-4-7-21(33)14-20/h4-9,11,14-17,19,29H,3,10,12-13,18H2,1-2H3,(H,35,36,37). The van der Waals surface area contributed by atoms with Crippen LogP contribution in [0.15, 0.2) is 77.7 Å². The number of benzene rings is 3. The maximum atomic E-state index is 15.7. The summed E-state index contributed by atoms with van der Waals surface area (Å²) in [6.45, 7) is 2.04. The molecule has 4 aromatic rings. The Kier molecular flexibility index (Phi) is 9.28. The highest BCUT2D eigenvalue weighted by molar-refractivity contribution is 9.10. The van der Waals surface area contributed by atoms with E-state index in [2.05, 4.69) is 31.2 Å². The molecule has 226 valence electrons. The van der Waals surface area contributed by atoms with Crippen LogP contribution in [0.3, 0.4) is 0 Å². The average molecular weight is 675 g/mol. The Hall–Kier alpha value is -3.61. The number of nitrogens with zero attached hydrogens (tertiary/aromatic N) is 2. The minimum absolute atomic E-state index is 0.0373. The lowest BCUT2D eigenvalue weighted by molar-refractivity contribution is -0.108. The fourth-order valence-corrected chi connectivity index (χ4v) is 5.93. The summed E-state index contributed by atoms with van der Waals surface area (Å²) in [4.78, 5) is 8.69. The number of sulfone groups is 1.